The highest BCUT2D eigenvalue weighted by molar-refractivity contribution is 8.16. The van der Waals surface area contributed by atoms with Crippen LogP contribution >= 0.6 is 11.8 Å². The van der Waals surface area contributed by atoms with Crippen LogP contribution in [0, 0.1) is 11.8 Å². The summed E-state index contributed by atoms with van der Waals surface area (Å²) in [6.07, 6.45) is 0.386. The number of nitrogens with one attached hydrogen (secondary N) is 1. The zero-order valence-corrected chi connectivity index (χ0v) is 14.0. The Morgan fingerprint density at radius 1 is 1.14 bits per heavy atom. The zero-order chi connectivity index (χ0) is 16.3. The lowest BCUT2D eigenvalue weighted by atomic mass is 10.2. The Labute approximate surface area is 130 Å². The Bertz CT molecular complexity index is 392. The smallest absolute Gasteiger partial charge is 0.436 e. The molecule has 120 valence electrons. The van der Waals surface area contributed by atoms with E-state index in [1.807, 2.05) is 34.6 Å². The molecule has 0 rings (SSSR count). The lowest BCUT2D eigenvalue weighted by Gasteiger charge is -2.09. The van der Waals surface area contributed by atoms with Crippen molar-refractivity contribution in [2.45, 2.75) is 34.6 Å². The molecule has 0 spiro atoms. The number of alkyl carbamates (subject to hydrolysis) is 1. The summed E-state index contributed by atoms with van der Waals surface area (Å²) in [5, 5.41) is 4.24. The molecule has 0 atom stereocenters. The molecule has 2 amide bonds. The van der Waals surface area contributed by atoms with Crippen LogP contribution in [0.4, 0.5) is 9.59 Å². The highest BCUT2D eigenvalue weighted by atomic mass is 32.2. The predicted octanol–water partition coefficient (Wildman–Crippen LogP) is 3.78. The van der Waals surface area contributed by atoms with Crippen molar-refractivity contribution >= 4 is 29.1 Å². The summed E-state index contributed by atoms with van der Waals surface area (Å²) < 4.78 is 9.91. The van der Waals surface area contributed by atoms with Gasteiger partial charge in [-0.3, -0.25) is 5.32 Å². The minimum atomic E-state index is -0.736. The average Bonchev–Trinajstić information content (AvgIpc) is 2.40. The number of hydrogen-bond donors (Lipinski definition) is 1. The SMILES string of the molecule is CC=CSC(=NC(=O)OCC(C)C)NC(=O)OCC(C)C. The third kappa shape index (κ3) is 12.0. The number of ether oxygens (including phenoxy) is 2. The Morgan fingerprint density at radius 3 is 2.24 bits per heavy atom. The maximum atomic E-state index is 11.6. The van der Waals surface area contributed by atoms with Crippen LogP contribution in [0.3, 0.4) is 0 Å². The number of carbonyl (C=O) groups is 2. The van der Waals surface area contributed by atoms with Crippen molar-refractivity contribution in [1.29, 1.82) is 0 Å². The molecular formula is C14H24N2O4S. The minimum Gasteiger partial charge on any atom is -0.449 e. The van der Waals surface area contributed by atoms with Crippen molar-refractivity contribution in [3.05, 3.63) is 11.5 Å². The molecule has 0 bridgehead atoms. The van der Waals surface area contributed by atoms with E-state index in [2.05, 4.69) is 10.3 Å². The van der Waals surface area contributed by atoms with E-state index in [1.165, 1.54) is 0 Å². The lowest BCUT2D eigenvalue weighted by molar-refractivity contribution is 0.138. The van der Waals surface area contributed by atoms with Gasteiger partial charge in [0.05, 0.1) is 13.2 Å². The van der Waals surface area contributed by atoms with Crippen molar-refractivity contribution in [3.63, 3.8) is 0 Å². The number of rotatable bonds is 5. The van der Waals surface area contributed by atoms with E-state index < -0.39 is 12.2 Å². The van der Waals surface area contributed by atoms with E-state index in [-0.39, 0.29) is 23.6 Å². The summed E-state index contributed by atoms with van der Waals surface area (Å²) in [5.41, 5.74) is 0. The van der Waals surface area contributed by atoms with E-state index in [1.54, 1.807) is 11.5 Å². The van der Waals surface area contributed by atoms with E-state index in [9.17, 15) is 9.59 Å². The first-order valence-corrected chi connectivity index (χ1v) is 7.70. The van der Waals surface area contributed by atoms with Gasteiger partial charge in [-0.05, 0) is 24.2 Å². The van der Waals surface area contributed by atoms with Crippen molar-refractivity contribution in [3.8, 4) is 0 Å². The molecule has 0 saturated carbocycles. The second-order valence-electron chi connectivity index (χ2n) is 5.09. The van der Waals surface area contributed by atoms with Crippen molar-refractivity contribution < 1.29 is 19.1 Å². The number of carbonyl (C=O) groups excluding carboxylic acids is 2. The van der Waals surface area contributed by atoms with Crippen LogP contribution < -0.4 is 5.32 Å². The first-order valence-electron chi connectivity index (χ1n) is 6.82. The second-order valence-corrected chi connectivity index (χ2v) is 5.99. The Kier molecular flexibility index (Phi) is 10.4. The maximum absolute atomic E-state index is 11.6. The summed E-state index contributed by atoms with van der Waals surface area (Å²) in [6.45, 7) is 10.1. The van der Waals surface area contributed by atoms with E-state index >= 15 is 0 Å². The topological polar surface area (TPSA) is 77.0 Å². The van der Waals surface area contributed by atoms with E-state index in [4.69, 9.17) is 9.47 Å². The molecule has 0 fully saturated rings. The number of amides is 2. The van der Waals surface area contributed by atoms with Crippen molar-refractivity contribution in [2.24, 2.45) is 16.8 Å². The normalized spacial score (nSPS) is 12.0. The number of hydrogen-bond acceptors (Lipinski definition) is 5. The van der Waals surface area contributed by atoms with Gasteiger partial charge in [-0.1, -0.05) is 45.5 Å². The molecule has 6 nitrogen and oxygen atoms in total. The highest BCUT2D eigenvalue weighted by Crippen LogP contribution is 2.06. The van der Waals surface area contributed by atoms with Gasteiger partial charge in [0.1, 0.15) is 0 Å². The standard InChI is InChI=1S/C14H24N2O4S/c1-6-7-21-12(15-13(17)19-8-10(2)3)16-14(18)20-9-11(4)5/h6-7,10-11H,8-9H2,1-5H3,(H,15,16,17,18). The molecule has 0 aromatic carbocycles. The summed E-state index contributed by atoms with van der Waals surface area (Å²) in [6, 6.07) is 0. The quantitative estimate of drug-likeness (QED) is 0.617. The van der Waals surface area contributed by atoms with E-state index in [0.717, 1.165) is 11.8 Å². The molecular weight excluding hydrogens is 292 g/mol. The summed E-state index contributed by atoms with van der Waals surface area (Å²) in [4.78, 5) is 26.8. The predicted molar refractivity (Wildman–Crippen MR) is 85.3 cm³/mol. The minimum absolute atomic E-state index is 0.121. The number of thioether (sulfide) groups is 1. The second kappa shape index (κ2) is 11.2. The molecule has 0 unspecified atom stereocenters. The molecule has 0 radical (unpaired) electrons. The summed E-state index contributed by atoms with van der Waals surface area (Å²) in [5.74, 6) is 0.454. The van der Waals surface area contributed by atoms with Gasteiger partial charge in [0.25, 0.3) is 0 Å². The molecule has 1 N–H and O–H groups in total. The molecule has 21 heavy (non-hydrogen) atoms. The summed E-state index contributed by atoms with van der Waals surface area (Å²) in [7, 11) is 0. The van der Waals surface area contributed by atoms with Gasteiger partial charge < -0.3 is 9.47 Å². The Morgan fingerprint density at radius 2 is 1.71 bits per heavy atom. The molecule has 0 aliphatic rings. The van der Waals surface area contributed by atoms with Gasteiger partial charge in [-0.2, -0.15) is 4.99 Å². The maximum Gasteiger partial charge on any atom is 0.436 e. The number of amidine groups is 1. The van der Waals surface area contributed by atoms with Crippen molar-refractivity contribution in [1.82, 2.24) is 5.32 Å². The van der Waals surface area contributed by atoms with Gasteiger partial charge in [-0.15, -0.1) is 0 Å². The number of nitrogens with zero attached hydrogens (tertiary/aromatic N) is 1. The first kappa shape index (κ1) is 19.5. The Hall–Kier alpha value is -1.50. The van der Waals surface area contributed by atoms with Crippen LogP contribution in [0.2, 0.25) is 0 Å². The van der Waals surface area contributed by atoms with E-state index in [0.29, 0.717) is 6.61 Å². The fourth-order valence-electron chi connectivity index (χ4n) is 0.935. The monoisotopic (exact) mass is 316 g/mol. The van der Waals surface area contributed by atoms with Gasteiger partial charge in [-0.25, -0.2) is 9.59 Å². The zero-order valence-electron chi connectivity index (χ0n) is 13.2. The third-order valence-corrected chi connectivity index (χ3v) is 2.63. The third-order valence-electron chi connectivity index (χ3n) is 1.81. The molecule has 0 saturated heterocycles. The van der Waals surface area contributed by atoms with Crippen LogP contribution in [0.15, 0.2) is 16.5 Å². The first-order chi connectivity index (χ1) is 9.85. The fourth-order valence-corrected chi connectivity index (χ4v) is 1.47. The molecule has 0 heterocycles. The van der Waals surface area contributed by atoms with Crippen LogP contribution in [0.5, 0.6) is 0 Å². The fraction of sp³-hybridized carbons (Fsp3) is 0.643. The van der Waals surface area contributed by atoms with Crippen LogP contribution in [-0.2, 0) is 9.47 Å². The Balaban J connectivity index is 4.55. The molecule has 0 aromatic rings. The molecule has 0 aliphatic heterocycles. The van der Waals surface area contributed by atoms with Crippen LogP contribution in [0.25, 0.3) is 0 Å². The lowest BCUT2D eigenvalue weighted by Crippen LogP contribution is -2.30. The molecule has 7 heteroatoms. The summed E-state index contributed by atoms with van der Waals surface area (Å²) >= 11 is 1.10. The molecule has 0 aliphatic carbocycles. The van der Waals surface area contributed by atoms with Crippen LogP contribution in [0.1, 0.15) is 34.6 Å². The van der Waals surface area contributed by atoms with Gasteiger partial charge in [0, 0.05) is 0 Å². The average molecular weight is 316 g/mol. The van der Waals surface area contributed by atoms with Gasteiger partial charge in [0.2, 0.25) is 0 Å². The highest BCUT2D eigenvalue weighted by Gasteiger charge is 2.11. The van der Waals surface area contributed by atoms with Gasteiger partial charge >= 0.3 is 12.2 Å². The number of aliphatic imine (C=N–C) groups is 1. The van der Waals surface area contributed by atoms with Gasteiger partial charge in [0.15, 0.2) is 5.17 Å². The molecule has 0 aromatic heterocycles. The van der Waals surface area contributed by atoms with Crippen molar-refractivity contribution in [2.75, 3.05) is 13.2 Å². The number of allylic oxidation sites excluding steroid dienone is 1. The van der Waals surface area contributed by atoms with Crippen LogP contribution in [-0.4, -0.2) is 30.6 Å². The largest absolute Gasteiger partial charge is 0.449 e.